The van der Waals surface area contributed by atoms with Crippen molar-refractivity contribution in [3.8, 4) is 11.5 Å². The van der Waals surface area contributed by atoms with Gasteiger partial charge in [0, 0.05) is 6.92 Å². The number of ether oxygens (including phenoxy) is 6. The van der Waals surface area contributed by atoms with Crippen LogP contribution in [0.1, 0.15) is 27.6 Å². The standard InChI is InChI=1S/C23H22O9/c1-13(24)30-18-11-28-21-19(12-29-20(18)21)32-23(26)15-5-9-17(10-6-15)31-22(25)14-3-7-16(27-2)8-4-14/h3-10,18-21H,11-12H2,1-2H3/t18-,19+,20?,21?/m0/s1. The average Bonchev–Trinajstić information content (AvgIpc) is 3.37. The van der Waals surface area contributed by atoms with Crippen LogP contribution in [0.15, 0.2) is 48.5 Å². The monoisotopic (exact) mass is 442 g/mol. The number of hydrogen-bond donors (Lipinski definition) is 0. The lowest BCUT2D eigenvalue weighted by Gasteiger charge is -2.17. The number of fused-ring (bicyclic) bond motifs is 1. The van der Waals surface area contributed by atoms with E-state index in [-0.39, 0.29) is 24.5 Å². The molecule has 2 aromatic carbocycles. The molecule has 2 saturated heterocycles. The van der Waals surface area contributed by atoms with Crippen molar-refractivity contribution >= 4 is 17.9 Å². The van der Waals surface area contributed by atoms with Crippen molar-refractivity contribution in [3.05, 3.63) is 59.7 Å². The van der Waals surface area contributed by atoms with Crippen LogP contribution < -0.4 is 9.47 Å². The molecule has 0 spiro atoms. The lowest BCUT2D eigenvalue weighted by atomic mass is 10.1. The summed E-state index contributed by atoms with van der Waals surface area (Å²) in [6.45, 7) is 1.66. The minimum absolute atomic E-state index is 0.149. The maximum absolute atomic E-state index is 12.5. The molecule has 0 saturated carbocycles. The highest BCUT2D eigenvalue weighted by atomic mass is 16.7. The van der Waals surface area contributed by atoms with Crippen LogP contribution in [0.2, 0.25) is 0 Å². The van der Waals surface area contributed by atoms with Crippen molar-refractivity contribution in [2.24, 2.45) is 0 Å². The van der Waals surface area contributed by atoms with Crippen LogP contribution >= 0.6 is 0 Å². The molecule has 0 N–H and O–H groups in total. The highest BCUT2D eigenvalue weighted by Crippen LogP contribution is 2.31. The number of carbonyl (C=O) groups is 3. The van der Waals surface area contributed by atoms with Gasteiger partial charge in [-0.3, -0.25) is 4.79 Å². The average molecular weight is 442 g/mol. The third-order valence-corrected chi connectivity index (χ3v) is 5.16. The number of rotatable bonds is 6. The second kappa shape index (κ2) is 9.37. The molecule has 2 unspecified atom stereocenters. The Morgan fingerprint density at radius 1 is 0.750 bits per heavy atom. The molecule has 2 heterocycles. The first-order chi connectivity index (χ1) is 15.4. The summed E-state index contributed by atoms with van der Waals surface area (Å²) in [4.78, 5) is 36.0. The van der Waals surface area contributed by atoms with E-state index in [0.29, 0.717) is 11.3 Å². The van der Waals surface area contributed by atoms with E-state index in [9.17, 15) is 14.4 Å². The van der Waals surface area contributed by atoms with Crippen LogP contribution in [-0.4, -0.2) is 62.6 Å². The molecule has 2 fully saturated rings. The molecule has 0 bridgehead atoms. The van der Waals surface area contributed by atoms with E-state index < -0.39 is 42.3 Å². The first-order valence-corrected chi connectivity index (χ1v) is 10.0. The molecule has 0 amide bonds. The van der Waals surface area contributed by atoms with Gasteiger partial charge < -0.3 is 28.4 Å². The number of hydrogen-bond acceptors (Lipinski definition) is 9. The van der Waals surface area contributed by atoms with Crippen LogP contribution in [0.25, 0.3) is 0 Å². The summed E-state index contributed by atoms with van der Waals surface area (Å²) in [5.74, 6) is -0.594. The third kappa shape index (κ3) is 4.74. The fourth-order valence-corrected chi connectivity index (χ4v) is 3.60. The van der Waals surface area contributed by atoms with E-state index in [4.69, 9.17) is 28.4 Å². The van der Waals surface area contributed by atoms with Crippen molar-refractivity contribution in [2.75, 3.05) is 20.3 Å². The van der Waals surface area contributed by atoms with Crippen molar-refractivity contribution < 1.29 is 42.8 Å². The Balaban J connectivity index is 1.32. The summed E-state index contributed by atoms with van der Waals surface area (Å²) < 4.78 is 32.3. The van der Waals surface area contributed by atoms with Gasteiger partial charge in [-0.2, -0.15) is 0 Å². The zero-order valence-corrected chi connectivity index (χ0v) is 17.5. The number of carbonyl (C=O) groups excluding carboxylic acids is 3. The number of methoxy groups -OCH3 is 1. The highest BCUT2D eigenvalue weighted by molar-refractivity contribution is 5.92. The fourth-order valence-electron chi connectivity index (χ4n) is 3.60. The second-order valence-electron chi connectivity index (χ2n) is 7.33. The van der Waals surface area contributed by atoms with Crippen molar-refractivity contribution in [1.29, 1.82) is 0 Å². The van der Waals surface area contributed by atoms with Gasteiger partial charge in [0.15, 0.2) is 12.2 Å². The Hall–Kier alpha value is -3.43. The third-order valence-electron chi connectivity index (χ3n) is 5.16. The molecule has 2 aliphatic heterocycles. The topological polar surface area (TPSA) is 107 Å². The molecule has 0 aliphatic carbocycles. The first-order valence-electron chi connectivity index (χ1n) is 10.0. The molecule has 2 aliphatic rings. The van der Waals surface area contributed by atoms with Gasteiger partial charge in [-0.05, 0) is 48.5 Å². The summed E-state index contributed by atoms with van der Waals surface area (Å²) in [5.41, 5.74) is 0.654. The predicted molar refractivity (Wildman–Crippen MR) is 109 cm³/mol. The molecule has 9 nitrogen and oxygen atoms in total. The number of esters is 3. The normalized spacial score (nSPS) is 23.8. The molecule has 168 valence electrons. The Morgan fingerprint density at radius 2 is 1.25 bits per heavy atom. The lowest BCUT2D eigenvalue weighted by molar-refractivity contribution is -0.151. The minimum atomic E-state index is -0.611. The molecule has 2 aromatic rings. The minimum Gasteiger partial charge on any atom is -0.497 e. The van der Waals surface area contributed by atoms with E-state index in [2.05, 4.69) is 0 Å². The van der Waals surface area contributed by atoms with E-state index in [1.165, 1.54) is 31.2 Å². The van der Waals surface area contributed by atoms with Crippen LogP contribution in [0, 0.1) is 0 Å². The maximum Gasteiger partial charge on any atom is 0.343 e. The van der Waals surface area contributed by atoms with Crippen molar-refractivity contribution in [3.63, 3.8) is 0 Å². The van der Waals surface area contributed by atoms with E-state index >= 15 is 0 Å². The molecule has 4 rings (SSSR count). The summed E-state index contributed by atoms with van der Waals surface area (Å²) in [7, 11) is 1.54. The lowest BCUT2D eigenvalue weighted by Crippen LogP contribution is -2.35. The van der Waals surface area contributed by atoms with Gasteiger partial charge in [-0.1, -0.05) is 0 Å². The largest absolute Gasteiger partial charge is 0.497 e. The Labute approximate surface area is 184 Å². The van der Waals surface area contributed by atoms with E-state index in [0.717, 1.165) is 0 Å². The molecular formula is C23H22O9. The Morgan fingerprint density at radius 3 is 1.78 bits per heavy atom. The van der Waals surface area contributed by atoms with E-state index in [1.807, 2.05) is 0 Å². The van der Waals surface area contributed by atoms with Gasteiger partial charge in [0.25, 0.3) is 0 Å². The van der Waals surface area contributed by atoms with Crippen LogP contribution in [-0.2, 0) is 23.7 Å². The molecular weight excluding hydrogens is 420 g/mol. The smallest absolute Gasteiger partial charge is 0.343 e. The van der Waals surface area contributed by atoms with Crippen molar-refractivity contribution in [2.45, 2.75) is 31.3 Å². The van der Waals surface area contributed by atoms with Crippen LogP contribution in [0.3, 0.4) is 0 Å². The summed E-state index contributed by atoms with van der Waals surface area (Å²) in [6, 6.07) is 12.5. The van der Waals surface area contributed by atoms with Crippen LogP contribution in [0.4, 0.5) is 0 Å². The second-order valence-corrected chi connectivity index (χ2v) is 7.33. The predicted octanol–water partition coefficient (Wildman–Crippen LogP) is 2.17. The zero-order valence-electron chi connectivity index (χ0n) is 17.5. The molecule has 32 heavy (non-hydrogen) atoms. The van der Waals surface area contributed by atoms with Gasteiger partial charge in [0.05, 0.1) is 31.5 Å². The quantitative estimate of drug-likeness (QED) is 0.491. The van der Waals surface area contributed by atoms with Crippen molar-refractivity contribution in [1.82, 2.24) is 0 Å². The van der Waals surface area contributed by atoms with Gasteiger partial charge in [0.2, 0.25) is 0 Å². The summed E-state index contributed by atoms with van der Waals surface area (Å²) >= 11 is 0. The van der Waals surface area contributed by atoms with Crippen LogP contribution in [0.5, 0.6) is 11.5 Å². The maximum atomic E-state index is 12.5. The SMILES string of the molecule is COc1ccc(C(=O)Oc2ccc(C(=O)O[C@@H]3COC4C3OC[C@@H]4OC(C)=O)cc2)cc1. The molecule has 0 radical (unpaired) electrons. The van der Waals surface area contributed by atoms with Gasteiger partial charge in [-0.25, -0.2) is 9.59 Å². The number of benzene rings is 2. The summed E-state index contributed by atoms with van der Waals surface area (Å²) in [6.07, 6.45) is -2.08. The van der Waals surface area contributed by atoms with Gasteiger partial charge in [0.1, 0.15) is 23.7 Å². The molecule has 4 atom stereocenters. The van der Waals surface area contributed by atoms with Gasteiger partial charge in [-0.15, -0.1) is 0 Å². The Bertz CT molecular complexity index is 984. The highest BCUT2D eigenvalue weighted by Gasteiger charge is 2.51. The molecule has 0 aromatic heterocycles. The summed E-state index contributed by atoms with van der Waals surface area (Å²) in [5, 5.41) is 0. The molecule has 9 heteroatoms. The Kier molecular flexibility index (Phi) is 6.38. The van der Waals surface area contributed by atoms with Gasteiger partial charge >= 0.3 is 17.9 Å². The fraction of sp³-hybridized carbons (Fsp3) is 0.348. The first kappa shape index (κ1) is 21.8. The van der Waals surface area contributed by atoms with E-state index in [1.54, 1.807) is 31.4 Å². The zero-order chi connectivity index (χ0) is 22.7.